The Bertz CT molecular complexity index is 498. The summed E-state index contributed by atoms with van der Waals surface area (Å²) in [6.07, 6.45) is 3.85. The molecule has 0 saturated heterocycles. The molecule has 0 spiro atoms. The maximum absolute atomic E-state index is 13.6. The molecule has 104 valence electrons. The van der Waals surface area contributed by atoms with Gasteiger partial charge in [0, 0.05) is 24.2 Å². The second kappa shape index (κ2) is 6.00. The monoisotopic (exact) mass is 379 g/mol. The second-order valence-electron chi connectivity index (χ2n) is 4.74. The van der Waals surface area contributed by atoms with Gasteiger partial charge in [-0.2, -0.15) is 0 Å². The zero-order chi connectivity index (χ0) is 14.0. The van der Waals surface area contributed by atoms with Crippen LogP contribution in [0.2, 0.25) is 0 Å². The molecule has 0 aromatic heterocycles. The van der Waals surface area contributed by atoms with Crippen molar-refractivity contribution >= 4 is 34.0 Å². The molecular formula is C12H15FIN3O2. The molecule has 5 nitrogen and oxygen atoms in total. The van der Waals surface area contributed by atoms with Gasteiger partial charge < -0.3 is 11.1 Å². The molecule has 0 heterocycles. The Hall–Kier alpha value is -0.960. The van der Waals surface area contributed by atoms with Crippen molar-refractivity contribution in [1.82, 2.24) is 0 Å². The normalized spacial score (nSPS) is 23.1. The molecule has 1 saturated carbocycles. The number of nitrogens with one attached hydrogen (secondary N) is 1. The topological polar surface area (TPSA) is 81.2 Å². The minimum Gasteiger partial charge on any atom is -0.375 e. The fourth-order valence-electron chi connectivity index (χ4n) is 2.34. The first-order chi connectivity index (χ1) is 8.99. The molecular weight excluding hydrogens is 364 g/mol. The van der Waals surface area contributed by atoms with E-state index < -0.39 is 10.7 Å². The van der Waals surface area contributed by atoms with Crippen molar-refractivity contribution in [2.24, 2.45) is 5.73 Å². The minimum absolute atomic E-state index is 0.0353. The Morgan fingerprint density at radius 3 is 2.74 bits per heavy atom. The van der Waals surface area contributed by atoms with Crippen LogP contribution in [0.5, 0.6) is 0 Å². The molecule has 3 N–H and O–H groups in total. The first-order valence-corrected chi connectivity index (χ1v) is 7.22. The molecule has 2 atom stereocenters. The molecule has 0 aliphatic heterocycles. The molecule has 1 aromatic rings. The molecule has 7 heteroatoms. The number of nitro groups is 1. The number of hydrogen-bond acceptors (Lipinski definition) is 4. The summed E-state index contributed by atoms with van der Waals surface area (Å²) in [5, 5.41) is 14.1. The van der Waals surface area contributed by atoms with Crippen molar-refractivity contribution in [3.05, 3.63) is 31.6 Å². The molecule has 1 aromatic carbocycles. The van der Waals surface area contributed by atoms with Gasteiger partial charge in [0.2, 0.25) is 0 Å². The van der Waals surface area contributed by atoms with Crippen molar-refractivity contribution in [2.45, 2.75) is 37.8 Å². The third-order valence-electron chi connectivity index (χ3n) is 3.40. The number of anilines is 1. The summed E-state index contributed by atoms with van der Waals surface area (Å²) in [5.74, 6) is -0.460. The second-order valence-corrected chi connectivity index (χ2v) is 5.90. The van der Waals surface area contributed by atoms with E-state index >= 15 is 0 Å². The number of benzene rings is 1. The number of nitrogens with zero attached hydrogens (tertiary/aromatic N) is 1. The van der Waals surface area contributed by atoms with Gasteiger partial charge in [0.05, 0.1) is 8.49 Å². The van der Waals surface area contributed by atoms with Crippen LogP contribution in [0.15, 0.2) is 12.1 Å². The average molecular weight is 379 g/mol. The van der Waals surface area contributed by atoms with Gasteiger partial charge in [0.1, 0.15) is 11.5 Å². The first-order valence-electron chi connectivity index (χ1n) is 6.14. The zero-order valence-electron chi connectivity index (χ0n) is 10.2. The van der Waals surface area contributed by atoms with Gasteiger partial charge in [-0.1, -0.05) is 12.8 Å². The molecule has 1 fully saturated rings. The Kier molecular flexibility index (Phi) is 4.56. The lowest BCUT2D eigenvalue weighted by atomic mass is 9.91. The fourth-order valence-corrected chi connectivity index (χ4v) is 2.79. The van der Waals surface area contributed by atoms with E-state index in [9.17, 15) is 14.5 Å². The smallest absolute Gasteiger partial charge is 0.293 e. The van der Waals surface area contributed by atoms with Crippen LogP contribution in [0.1, 0.15) is 25.7 Å². The summed E-state index contributed by atoms with van der Waals surface area (Å²) in [4.78, 5) is 10.5. The minimum atomic E-state index is -0.502. The van der Waals surface area contributed by atoms with Crippen molar-refractivity contribution in [3.8, 4) is 0 Å². The van der Waals surface area contributed by atoms with Crippen LogP contribution in [0, 0.1) is 19.5 Å². The third-order valence-corrected chi connectivity index (χ3v) is 4.22. The van der Waals surface area contributed by atoms with Crippen molar-refractivity contribution in [3.63, 3.8) is 0 Å². The van der Waals surface area contributed by atoms with E-state index in [0.29, 0.717) is 0 Å². The SMILES string of the molecule is N[C@@H]1CCCC[C@H]1Nc1cc(F)c(I)cc1[N+](=O)[O-]. The van der Waals surface area contributed by atoms with Crippen LogP contribution in [0.4, 0.5) is 15.8 Å². The van der Waals surface area contributed by atoms with Gasteiger partial charge in [-0.25, -0.2) is 4.39 Å². The summed E-state index contributed by atoms with van der Waals surface area (Å²) in [5.41, 5.74) is 6.10. The lowest BCUT2D eigenvalue weighted by Crippen LogP contribution is -2.42. The third kappa shape index (κ3) is 3.33. The summed E-state index contributed by atoms with van der Waals surface area (Å²) in [6.45, 7) is 0. The van der Waals surface area contributed by atoms with Crippen LogP contribution in [0.3, 0.4) is 0 Å². The summed E-state index contributed by atoms with van der Waals surface area (Å²) >= 11 is 1.74. The standard InChI is InChI=1S/C12H15FIN3O2/c13-7-5-11(12(17(18)19)6-8(7)14)16-10-4-2-1-3-9(10)15/h5-6,9-10,16H,1-4,15H2/t9-,10-/m1/s1. The Morgan fingerprint density at radius 2 is 2.11 bits per heavy atom. The van der Waals surface area contributed by atoms with E-state index in [1.807, 2.05) is 0 Å². The van der Waals surface area contributed by atoms with Crippen molar-refractivity contribution < 1.29 is 9.31 Å². The van der Waals surface area contributed by atoms with Gasteiger partial charge >= 0.3 is 0 Å². The average Bonchev–Trinajstić information content (AvgIpc) is 2.36. The molecule has 0 unspecified atom stereocenters. The maximum Gasteiger partial charge on any atom is 0.293 e. The van der Waals surface area contributed by atoms with Gasteiger partial charge in [-0.15, -0.1) is 0 Å². The molecule has 19 heavy (non-hydrogen) atoms. The van der Waals surface area contributed by atoms with E-state index in [1.54, 1.807) is 22.6 Å². The summed E-state index contributed by atoms with van der Waals surface area (Å²) < 4.78 is 13.8. The van der Waals surface area contributed by atoms with Crippen LogP contribution in [-0.2, 0) is 0 Å². The number of nitrogens with two attached hydrogens (primary N) is 1. The molecule has 0 radical (unpaired) electrons. The van der Waals surface area contributed by atoms with Crippen molar-refractivity contribution in [2.75, 3.05) is 5.32 Å². The number of halogens is 2. The summed E-state index contributed by atoms with van der Waals surface area (Å²) in [6, 6.07) is 2.34. The Morgan fingerprint density at radius 1 is 1.42 bits per heavy atom. The lowest BCUT2D eigenvalue weighted by Gasteiger charge is -2.30. The maximum atomic E-state index is 13.6. The molecule has 0 bridgehead atoms. The number of hydrogen-bond donors (Lipinski definition) is 2. The molecule has 1 aliphatic carbocycles. The number of nitro benzene ring substituents is 1. The Labute approximate surface area is 124 Å². The van der Waals surface area contributed by atoms with Crippen LogP contribution in [0.25, 0.3) is 0 Å². The van der Waals surface area contributed by atoms with E-state index in [2.05, 4.69) is 5.32 Å². The van der Waals surface area contributed by atoms with E-state index in [1.165, 1.54) is 12.1 Å². The zero-order valence-corrected chi connectivity index (χ0v) is 12.4. The Balaban J connectivity index is 2.27. The quantitative estimate of drug-likeness (QED) is 0.481. The van der Waals surface area contributed by atoms with E-state index in [-0.39, 0.29) is 27.0 Å². The van der Waals surface area contributed by atoms with Gasteiger partial charge in [0.25, 0.3) is 5.69 Å². The van der Waals surface area contributed by atoms with Crippen LogP contribution in [-0.4, -0.2) is 17.0 Å². The highest BCUT2D eigenvalue weighted by molar-refractivity contribution is 14.1. The van der Waals surface area contributed by atoms with Gasteiger partial charge in [-0.05, 0) is 35.4 Å². The predicted octanol–water partition coefficient (Wildman–Crippen LogP) is 3.02. The molecule has 2 rings (SSSR count). The predicted molar refractivity (Wildman–Crippen MR) is 79.6 cm³/mol. The van der Waals surface area contributed by atoms with Crippen LogP contribution >= 0.6 is 22.6 Å². The van der Waals surface area contributed by atoms with Gasteiger partial charge in [-0.3, -0.25) is 10.1 Å². The fraction of sp³-hybridized carbons (Fsp3) is 0.500. The van der Waals surface area contributed by atoms with E-state index in [0.717, 1.165) is 25.7 Å². The van der Waals surface area contributed by atoms with E-state index in [4.69, 9.17) is 5.73 Å². The molecule has 1 aliphatic rings. The lowest BCUT2D eigenvalue weighted by molar-refractivity contribution is -0.384. The first kappa shape index (κ1) is 14.4. The highest BCUT2D eigenvalue weighted by Gasteiger charge is 2.25. The highest BCUT2D eigenvalue weighted by Crippen LogP contribution is 2.31. The largest absolute Gasteiger partial charge is 0.375 e. The van der Waals surface area contributed by atoms with Gasteiger partial charge in [0.15, 0.2) is 0 Å². The van der Waals surface area contributed by atoms with Crippen LogP contribution < -0.4 is 11.1 Å². The highest BCUT2D eigenvalue weighted by atomic mass is 127. The summed E-state index contributed by atoms with van der Waals surface area (Å²) in [7, 11) is 0. The van der Waals surface area contributed by atoms with Crippen molar-refractivity contribution in [1.29, 1.82) is 0 Å². The molecule has 0 amide bonds. The number of rotatable bonds is 3.